The highest BCUT2D eigenvalue weighted by Crippen LogP contribution is 2.28. The summed E-state index contributed by atoms with van der Waals surface area (Å²) in [6.45, 7) is 1.70. The molecule has 2 aromatic rings. The molecule has 1 unspecified atom stereocenters. The number of nitrogens with zero attached hydrogens (tertiary/aromatic N) is 3. The monoisotopic (exact) mass is 325 g/mol. The molecule has 0 aliphatic carbocycles. The lowest BCUT2D eigenvalue weighted by Gasteiger charge is -2.11. The zero-order chi connectivity index (χ0) is 13.8. The number of hydrogen-bond acceptors (Lipinski definition) is 6. The van der Waals surface area contributed by atoms with Crippen molar-refractivity contribution in [2.75, 3.05) is 7.11 Å². The van der Waals surface area contributed by atoms with Gasteiger partial charge >= 0.3 is 5.97 Å². The molecule has 0 fully saturated rings. The van der Waals surface area contributed by atoms with Gasteiger partial charge in [0.2, 0.25) is 11.8 Å². The van der Waals surface area contributed by atoms with Gasteiger partial charge in [-0.2, -0.15) is 0 Å². The Morgan fingerprint density at radius 1 is 1.47 bits per heavy atom. The molecule has 0 radical (unpaired) electrons. The highest BCUT2D eigenvalue weighted by molar-refractivity contribution is 9.10. The SMILES string of the molecule is COC(=O)CC(c1cncc(Br)c1)c1nnc(C)o1. The molecular weight excluding hydrogens is 314 g/mol. The molecule has 2 heterocycles. The maximum absolute atomic E-state index is 11.5. The average molecular weight is 326 g/mol. The Bertz CT molecular complexity index is 585. The average Bonchev–Trinajstić information content (AvgIpc) is 2.82. The number of carbonyl (C=O) groups excluding carboxylic acids is 1. The fraction of sp³-hybridized carbons (Fsp3) is 0.333. The van der Waals surface area contributed by atoms with E-state index in [0.29, 0.717) is 11.8 Å². The number of rotatable bonds is 4. The van der Waals surface area contributed by atoms with E-state index in [-0.39, 0.29) is 18.3 Å². The third-order valence-electron chi connectivity index (χ3n) is 2.57. The molecule has 0 aliphatic heterocycles. The van der Waals surface area contributed by atoms with E-state index in [1.54, 1.807) is 19.3 Å². The Balaban J connectivity index is 2.36. The van der Waals surface area contributed by atoms with Crippen molar-refractivity contribution >= 4 is 21.9 Å². The molecule has 1 atom stereocenters. The molecule has 100 valence electrons. The Kier molecular flexibility index (Phi) is 4.26. The normalized spacial score (nSPS) is 12.2. The molecule has 2 rings (SSSR count). The molecular formula is C12H12BrN3O3. The number of carbonyl (C=O) groups is 1. The maximum atomic E-state index is 11.5. The Labute approximate surface area is 118 Å². The van der Waals surface area contributed by atoms with Gasteiger partial charge < -0.3 is 9.15 Å². The van der Waals surface area contributed by atoms with Crippen molar-refractivity contribution in [2.45, 2.75) is 19.3 Å². The molecule has 0 saturated carbocycles. The predicted molar refractivity (Wildman–Crippen MR) is 69.4 cm³/mol. The number of aromatic nitrogens is 3. The quantitative estimate of drug-likeness (QED) is 0.802. The van der Waals surface area contributed by atoms with Gasteiger partial charge in [-0.3, -0.25) is 9.78 Å². The van der Waals surface area contributed by atoms with E-state index >= 15 is 0 Å². The Morgan fingerprint density at radius 2 is 2.26 bits per heavy atom. The predicted octanol–water partition coefficient (Wildman–Crippen LogP) is 2.23. The number of ether oxygens (including phenoxy) is 1. The highest BCUT2D eigenvalue weighted by atomic mass is 79.9. The van der Waals surface area contributed by atoms with Crippen LogP contribution in [0.5, 0.6) is 0 Å². The zero-order valence-corrected chi connectivity index (χ0v) is 12.0. The summed E-state index contributed by atoms with van der Waals surface area (Å²) in [5.41, 5.74) is 0.809. The number of hydrogen-bond donors (Lipinski definition) is 0. The van der Waals surface area contributed by atoms with Crippen LogP contribution < -0.4 is 0 Å². The first-order valence-electron chi connectivity index (χ1n) is 5.57. The van der Waals surface area contributed by atoms with Gasteiger partial charge in [0, 0.05) is 23.8 Å². The summed E-state index contributed by atoms with van der Waals surface area (Å²) in [4.78, 5) is 15.6. The second-order valence-corrected chi connectivity index (χ2v) is 4.84. The van der Waals surface area contributed by atoms with Crippen molar-refractivity contribution in [1.29, 1.82) is 0 Å². The van der Waals surface area contributed by atoms with Crippen molar-refractivity contribution in [3.63, 3.8) is 0 Å². The van der Waals surface area contributed by atoms with Crippen LogP contribution in [0, 0.1) is 6.92 Å². The van der Waals surface area contributed by atoms with Gasteiger partial charge in [0.05, 0.1) is 19.4 Å². The van der Waals surface area contributed by atoms with E-state index in [1.807, 2.05) is 6.07 Å². The summed E-state index contributed by atoms with van der Waals surface area (Å²) in [5.74, 6) is 0.120. The summed E-state index contributed by atoms with van der Waals surface area (Å²) >= 11 is 3.35. The van der Waals surface area contributed by atoms with Gasteiger partial charge in [-0.1, -0.05) is 0 Å². The lowest BCUT2D eigenvalue weighted by atomic mass is 9.97. The molecule has 0 spiro atoms. The van der Waals surface area contributed by atoms with Crippen LogP contribution in [0.25, 0.3) is 0 Å². The van der Waals surface area contributed by atoms with E-state index in [4.69, 9.17) is 9.15 Å². The van der Waals surface area contributed by atoms with Crippen molar-refractivity contribution in [3.8, 4) is 0 Å². The summed E-state index contributed by atoms with van der Waals surface area (Å²) in [6, 6.07) is 1.86. The summed E-state index contributed by atoms with van der Waals surface area (Å²) in [6.07, 6.45) is 3.45. The van der Waals surface area contributed by atoms with E-state index in [1.165, 1.54) is 7.11 Å². The molecule has 0 aromatic carbocycles. The molecule has 0 N–H and O–H groups in total. The van der Waals surface area contributed by atoms with Crippen LogP contribution in [-0.2, 0) is 9.53 Å². The van der Waals surface area contributed by atoms with Gasteiger partial charge in [0.15, 0.2) is 0 Å². The van der Waals surface area contributed by atoms with Crippen LogP contribution in [-0.4, -0.2) is 28.3 Å². The second kappa shape index (κ2) is 5.92. The van der Waals surface area contributed by atoms with Crippen LogP contribution in [0.2, 0.25) is 0 Å². The van der Waals surface area contributed by atoms with E-state index in [0.717, 1.165) is 10.0 Å². The topological polar surface area (TPSA) is 78.1 Å². The van der Waals surface area contributed by atoms with Crippen molar-refractivity contribution in [3.05, 3.63) is 40.3 Å². The van der Waals surface area contributed by atoms with Crippen LogP contribution in [0.1, 0.15) is 29.7 Å². The smallest absolute Gasteiger partial charge is 0.306 e. The Morgan fingerprint density at radius 3 is 2.84 bits per heavy atom. The molecule has 7 heteroatoms. The van der Waals surface area contributed by atoms with Crippen molar-refractivity contribution < 1.29 is 13.9 Å². The third-order valence-corrected chi connectivity index (χ3v) is 3.00. The minimum atomic E-state index is -0.362. The largest absolute Gasteiger partial charge is 0.469 e. The minimum absolute atomic E-state index is 0.121. The molecule has 19 heavy (non-hydrogen) atoms. The maximum Gasteiger partial charge on any atom is 0.306 e. The van der Waals surface area contributed by atoms with Gasteiger partial charge in [-0.25, -0.2) is 0 Å². The molecule has 0 amide bonds. The van der Waals surface area contributed by atoms with Gasteiger partial charge in [0.25, 0.3) is 0 Å². The van der Waals surface area contributed by atoms with E-state index in [2.05, 4.69) is 31.1 Å². The second-order valence-electron chi connectivity index (χ2n) is 3.93. The lowest BCUT2D eigenvalue weighted by Crippen LogP contribution is -2.11. The van der Waals surface area contributed by atoms with Gasteiger partial charge in [0.1, 0.15) is 0 Å². The lowest BCUT2D eigenvalue weighted by molar-refractivity contribution is -0.141. The molecule has 2 aromatic heterocycles. The van der Waals surface area contributed by atoms with Crippen LogP contribution in [0.15, 0.2) is 27.3 Å². The van der Waals surface area contributed by atoms with E-state index < -0.39 is 0 Å². The fourth-order valence-corrected chi connectivity index (χ4v) is 2.05. The molecule has 0 bridgehead atoms. The van der Waals surface area contributed by atoms with Crippen LogP contribution >= 0.6 is 15.9 Å². The fourth-order valence-electron chi connectivity index (χ4n) is 1.67. The van der Waals surface area contributed by atoms with Crippen molar-refractivity contribution in [1.82, 2.24) is 15.2 Å². The number of halogens is 1. The van der Waals surface area contributed by atoms with Gasteiger partial charge in [-0.05, 0) is 27.6 Å². The van der Waals surface area contributed by atoms with Crippen LogP contribution in [0.4, 0.5) is 0 Å². The highest BCUT2D eigenvalue weighted by Gasteiger charge is 2.24. The van der Waals surface area contributed by atoms with Crippen LogP contribution in [0.3, 0.4) is 0 Å². The molecule has 0 aliphatic rings. The van der Waals surface area contributed by atoms with Gasteiger partial charge in [-0.15, -0.1) is 10.2 Å². The number of esters is 1. The number of pyridine rings is 1. The summed E-state index contributed by atoms with van der Waals surface area (Å²) in [5, 5.41) is 7.76. The third kappa shape index (κ3) is 3.37. The first-order valence-corrected chi connectivity index (χ1v) is 6.36. The minimum Gasteiger partial charge on any atom is -0.469 e. The summed E-state index contributed by atoms with van der Waals surface area (Å²) in [7, 11) is 1.34. The standard InChI is InChI=1S/C12H12BrN3O3/c1-7-15-16-12(19-7)10(4-11(17)18-2)8-3-9(13)6-14-5-8/h3,5-6,10H,4H2,1-2H3. The number of aryl methyl sites for hydroxylation is 1. The molecule has 6 nitrogen and oxygen atoms in total. The van der Waals surface area contributed by atoms with Crippen molar-refractivity contribution in [2.24, 2.45) is 0 Å². The molecule has 0 saturated heterocycles. The zero-order valence-electron chi connectivity index (χ0n) is 10.5. The number of methoxy groups -OCH3 is 1. The first-order chi connectivity index (χ1) is 9.10. The Hall–Kier alpha value is -1.76. The first kappa shape index (κ1) is 13.7. The summed E-state index contributed by atoms with van der Waals surface area (Å²) < 4.78 is 10.9. The van der Waals surface area contributed by atoms with E-state index in [9.17, 15) is 4.79 Å².